The van der Waals surface area contributed by atoms with Gasteiger partial charge in [-0.05, 0) is 64.7 Å². The zero-order chi connectivity index (χ0) is 28.0. The first-order valence-corrected chi connectivity index (χ1v) is 11.6. The average Bonchev–Trinajstić information content (AvgIpc) is 2.91. The third-order valence-electron chi connectivity index (χ3n) is 5.73. The fourth-order valence-electron chi connectivity index (χ4n) is 3.82. The lowest BCUT2D eigenvalue weighted by atomic mass is 9.95. The molecule has 0 aliphatic carbocycles. The van der Waals surface area contributed by atoms with E-state index in [0.717, 1.165) is 35.4 Å². The number of amides is 1. The van der Waals surface area contributed by atoms with Crippen molar-refractivity contribution < 1.29 is 31.1 Å². The molecule has 1 heterocycles. The Kier molecular flexibility index (Phi) is 7.99. The molecule has 0 aliphatic rings. The van der Waals surface area contributed by atoms with Crippen LogP contribution >= 0.6 is 0 Å². The summed E-state index contributed by atoms with van der Waals surface area (Å²) in [6.07, 6.45) is -1.76. The lowest BCUT2D eigenvalue weighted by Gasteiger charge is -2.12. The van der Waals surface area contributed by atoms with E-state index in [9.17, 15) is 31.1 Å². The molecule has 4 rings (SSSR count). The molecule has 0 fully saturated rings. The van der Waals surface area contributed by atoms with Gasteiger partial charge in [-0.3, -0.25) is 9.78 Å². The van der Waals surface area contributed by atoms with Gasteiger partial charge in [0.1, 0.15) is 0 Å². The third-order valence-corrected chi connectivity index (χ3v) is 5.73. The predicted octanol–water partition coefficient (Wildman–Crippen LogP) is 8.41. The Balaban J connectivity index is 1.62. The third kappa shape index (κ3) is 7.01. The van der Waals surface area contributed by atoms with Gasteiger partial charge in [-0.2, -0.15) is 26.3 Å². The van der Waals surface area contributed by atoms with Gasteiger partial charge in [-0.1, -0.05) is 54.6 Å². The highest BCUT2D eigenvalue weighted by Gasteiger charge is 2.31. The topological polar surface area (TPSA) is 42.0 Å². The molecule has 0 spiro atoms. The van der Waals surface area contributed by atoms with E-state index in [1.807, 2.05) is 12.1 Å². The molecule has 0 atom stereocenters. The Hall–Kier alpha value is -4.66. The fraction of sp³-hybridized carbons (Fsp3) is 0.0667. The average molecular weight is 538 g/mol. The summed E-state index contributed by atoms with van der Waals surface area (Å²) in [6.45, 7) is 0. The van der Waals surface area contributed by atoms with Crippen LogP contribution in [-0.4, -0.2) is 10.9 Å². The number of hydrogen-bond donors (Lipinski definition) is 1. The van der Waals surface area contributed by atoms with Crippen molar-refractivity contribution in [3.63, 3.8) is 0 Å². The number of halogens is 6. The zero-order valence-corrected chi connectivity index (χ0v) is 20.1. The van der Waals surface area contributed by atoms with E-state index in [4.69, 9.17) is 0 Å². The van der Waals surface area contributed by atoms with Gasteiger partial charge in [0, 0.05) is 29.7 Å². The summed E-state index contributed by atoms with van der Waals surface area (Å²) in [5, 5.41) is 2.79. The second-order valence-corrected chi connectivity index (χ2v) is 8.36. The number of hydrogen-bond acceptors (Lipinski definition) is 2. The van der Waals surface area contributed by atoms with E-state index >= 15 is 0 Å². The van der Waals surface area contributed by atoms with Crippen LogP contribution in [0.2, 0.25) is 0 Å². The Labute approximate surface area is 220 Å². The van der Waals surface area contributed by atoms with Gasteiger partial charge in [0.25, 0.3) is 0 Å². The number of carbonyl (C=O) groups excluding carboxylic acids is 1. The van der Waals surface area contributed by atoms with Gasteiger partial charge in [0.2, 0.25) is 5.91 Å². The van der Waals surface area contributed by atoms with Crippen molar-refractivity contribution in [2.45, 2.75) is 12.4 Å². The quantitative estimate of drug-likeness (QED) is 0.152. The van der Waals surface area contributed by atoms with Crippen molar-refractivity contribution in [2.75, 3.05) is 5.32 Å². The number of anilines is 1. The van der Waals surface area contributed by atoms with E-state index in [1.54, 1.807) is 36.7 Å². The smallest absolute Gasteiger partial charge is 0.322 e. The number of pyridine rings is 1. The number of allylic oxidation sites excluding steroid dienone is 2. The van der Waals surface area contributed by atoms with Crippen LogP contribution < -0.4 is 5.32 Å². The first kappa shape index (κ1) is 27.4. The fourth-order valence-corrected chi connectivity index (χ4v) is 3.82. The SMILES string of the molecule is O=C(C=CC=C(c1ccc(C(F)(F)F)cc1)c1ccc(C(F)(F)F)cc1)Nc1ccccc1-c1ccncc1. The monoisotopic (exact) mass is 538 g/mol. The van der Waals surface area contributed by atoms with E-state index in [2.05, 4.69) is 10.3 Å². The van der Waals surface area contributed by atoms with E-state index in [-0.39, 0.29) is 0 Å². The number of nitrogens with zero attached hydrogens (tertiary/aromatic N) is 1. The summed E-state index contributed by atoms with van der Waals surface area (Å²) in [5.41, 5.74) is 1.43. The van der Waals surface area contributed by atoms with Crippen LogP contribution in [0.5, 0.6) is 0 Å². The number of carbonyl (C=O) groups is 1. The second kappa shape index (κ2) is 11.4. The van der Waals surface area contributed by atoms with Crippen molar-refractivity contribution in [3.05, 3.63) is 138 Å². The summed E-state index contributed by atoms with van der Waals surface area (Å²) in [5.74, 6) is -0.480. The molecular weight excluding hydrogens is 518 g/mol. The molecule has 3 aromatic carbocycles. The molecule has 0 saturated heterocycles. The highest BCUT2D eigenvalue weighted by Crippen LogP contribution is 2.34. The standard InChI is InChI=1S/C30H20F6N2O/c31-29(32,33)23-12-8-20(9-13-23)25(21-10-14-24(15-11-21)30(34,35)36)5-3-7-28(39)38-27-6-2-1-4-26(27)22-16-18-37-19-17-22/h1-19H,(H,38,39). The molecule has 0 saturated carbocycles. The maximum atomic E-state index is 13.0. The first-order valence-electron chi connectivity index (χ1n) is 11.6. The summed E-state index contributed by atoms with van der Waals surface area (Å²) < 4.78 is 78.2. The largest absolute Gasteiger partial charge is 0.416 e. The summed E-state index contributed by atoms with van der Waals surface area (Å²) >= 11 is 0. The highest BCUT2D eigenvalue weighted by atomic mass is 19.4. The second-order valence-electron chi connectivity index (χ2n) is 8.36. The minimum Gasteiger partial charge on any atom is -0.322 e. The normalized spacial score (nSPS) is 11.8. The number of alkyl halides is 6. The van der Waals surface area contributed by atoms with Crippen molar-refractivity contribution in [3.8, 4) is 11.1 Å². The van der Waals surface area contributed by atoms with E-state index in [0.29, 0.717) is 22.4 Å². The number of aromatic nitrogens is 1. The Morgan fingerprint density at radius 2 is 1.21 bits per heavy atom. The van der Waals surface area contributed by atoms with Gasteiger partial charge in [0.05, 0.1) is 11.1 Å². The Bertz CT molecular complexity index is 1430. The van der Waals surface area contributed by atoms with Crippen LogP contribution in [0.15, 0.2) is 116 Å². The molecule has 0 bridgehead atoms. The van der Waals surface area contributed by atoms with E-state index in [1.165, 1.54) is 42.5 Å². The summed E-state index contributed by atoms with van der Waals surface area (Å²) in [7, 11) is 0. The molecule has 1 N–H and O–H groups in total. The lowest BCUT2D eigenvalue weighted by Crippen LogP contribution is -2.08. The molecule has 3 nitrogen and oxygen atoms in total. The van der Waals surface area contributed by atoms with Crippen LogP contribution in [0.4, 0.5) is 32.0 Å². The maximum absolute atomic E-state index is 13.0. The van der Waals surface area contributed by atoms with E-state index < -0.39 is 29.4 Å². The minimum atomic E-state index is -4.54. The summed E-state index contributed by atoms with van der Waals surface area (Å²) in [4.78, 5) is 16.7. The molecular formula is C30H20F6N2O. The molecule has 39 heavy (non-hydrogen) atoms. The van der Waals surface area contributed by atoms with Gasteiger partial charge in [-0.15, -0.1) is 0 Å². The van der Waals surface area contributed by atoms with Gasteiger partial charge in [-0.25, -0.2) is 0 Å². The lowest BCUT2D eigenvalue weighted by molar-refractivity contribution is -0.138. The van der Waals surface area contributed by atoms with Crippen LogP contribution in [-0.2, 0) is 17.1 Å². The predicted molar refractivity (Wildman–Crippen MR) is 137 cm³/mol. The van der Waals surface area contributed by atoms with Crippen molar-refractivity contribution in [2.24, 2.45) is 0 Å². The molecule has 198 valence electrons. The van der Waals surface area contributed by atoms with Crippen LogP contribution in [0.1, 0.15) is 22.3 Å². The molecule has 0 unspecified atom stereocenters. The number of para-hydroxylation sites is 1. The number of nitrogens with one attached hydrogen (secondary N) is 1. The Morgan fingerprint density at radius 3 is 1.72 bits per heavy atom. The Morgan fingerprint density at radius 1 is 0.692 bits per heavy atom. The first-order chi connectivity index (χ1) is 18.5. The van der Waals surface area contributed by atoms with Crippen molar-refractivity contribution >= 4 is 17.2 Å². The van der Waals surface area contributed by atoms with Crippen LogP contribution in [0.3, 0.4) is 0 Å². The van der Waals surface area contributed by atoms with Crippen molar-refractivity contribution in [1.29, 1.82) is 0 Å². The molecule has 1 amide bonds. The molecule has 0 aliphatic heterocycles. The molecule has 0 radical (unpaired) electrons. The molecule has 9 heteroatoms. The summed E-state index contributed by atoms with van der Waals surface area (Å²) in [6, 6.07) is 19.2. The maximum Gasteiger partial charge on any atom is 0.416 e. The number of rotatable bonds is 6. The van der Waals surface area contributed by atoms with Crippen molar-refractivity contribution in [1.82, 2.24) is 4.98 Å². The highest BCUT2D eigenvalue weighted by molar-refractivity contribution is 6.02. The van der Waals surface area contributed by atoms with Gasteiger partial charge in [0.15, 0.2) is 0 Å². The van der Waals surface area contributed by atoms with Crippen LogP contribution in [0.25, 0.3) is 16.7 Å². The minimum absolute atomic E-state index is 0.329. The zero-order valence-electron chi connectivity index (χ0n) is 20.1. The number of benzene rings is 3. The van der Waals surface area contributed by atoms with Crippen LogP contribution in [0, 0.1) is 0 Å². The van der Waals surface area contributed by atoms with Gasteiger partial charge >= 0.3 is 12.4 Å². The molecule has 4 aromatic rings. The molecule has 1 aromatic heterocycles. The van der Waals surface area contributed by atoms with Gasteiger partial charge < -0.3 is 5.32 Å².